The smallest absolute Gasteiger partial charge is 0.417 e. The van der Waals surface area contributed by atoms with Gasteiger partial charge in [0.05, 0.1) is 11.3 Å². The Bertz CT molecular complexity index is 1030. The highest BCUT2D eigenvalue weighted by atomic mass is 19.4. The van der Waals surface area contributed by atoms with Gasteiger partial charge in [-0.25, -0.2) is 9.37 Å². The SMILES string of the molecule is COCOc1cc(-c2ccc(O[C@H]3C[C@H](c4ncc(C(F)(F)F)cc4F)C3)nc2)on1. The Balaban J connectivity index is 1.32. The fourth-order valence-electron chi connectivity index (χ4n) is 3.14. The van der Waals surface area contributed by atoms with Crippen LogP contribution in [0, 0.1) is 5.82 Å². The van der Waals surface area contributed by atoms with Crippen molar-refractivity contribution in [2.45, 2.75) is 31.0 Å². The minimum absolute atomic E-state index is 0.0213. The normalized spacial score (nSPS) is 18.5. The number of ether oxygens (including phenoxy) is 3. The minimum Gasteiger partial charge on any atom is -0.474 e. The molecule has 0 bridgehead atoms. The molecule has 1 saturated carbocycles. The van der Waals surface area contributed by atoms with Crippen LogP contribution in [-0.2, 0) is 10.9 Å². The predicted molar refractivity (Wildman–Crippen MR) is 97.8 cm³/mol. The van der Waals surface area contributed by atoms with Crippen molar-refractivity contribution in [3.05, 3.63) is 53.7 Å². The lowest BCUT2D eigenvalue weighted by Crippen LogP contribution is -2.33. The first kappa shape index (κ1) is 21.0. The van der Waals surface area contributed by atoms with Gasteiger partial charge in [0.15, 0.2) is 12.6 Å². The number of nitrogens with zero attached hydrogens (tertiary/aromatic N) is 3. The van der Waals surface area contributed by atoms with E-state index in [1.165, 1.54) is 7.11 Å². The number of hydrogen-bond acceptors (Lipinski definition) is 7. The third kappa shape index (κ3) is 4.76. The highest BCUT2D eigenvalue weighted by Crippen LogP contribution is 2.40. The lowest BCUT2D eigenvalue weighted by Gasteiger charge is -2.34. The van der Waals surface area contributed by atoms with Crippen LogP contribution in [-0.4, -0.2) is 35.1 Å². The summed E-state index contributed by atoms with van der Waals surface area (Å²) in [4.78, 5) is 7.89. The summed E-state index contributed by atoms with van der Waals surface area (Å²) >= 11 is 0. The summed E-state index contributed by atoms with van der Waals surface area (Å²) in [6.07, 6.45) is -1.79. The first-order valence-electron chi connectivity index (χ1n) is 9.27. The van der Waals surface area contributed by atoms with Gasteiger partial charge < -0.3 is 18.7 Å². The highest BCUT2D eigenvalue weighted by Gasteiger charge is 2.37. The quantitative estimate of drug-likeness (QED) is 0.393. The molecule has 0 amide bonds. The van der Waals surface area contributed by atoms with E-state index in [1.54, 1.807) is 24.4 Å². The summed E-state index contributed by atoms with van der Waals surface area (Å²) in [6, 6.07) is 5.46. The largest absolute Gasteiger partial charge is 0.474 e. The summed E-state index contributed by atoms with van der Waals surface area (Å²) in [5, 5.41) is 3.75. The van der Waals surface area contributed by atoms with Crippen molar-refractivity contribution < 1.29 is 36.3 Å². The second-order valence-corrected chi connectivity index (χ2v) is 6.96. The van der Waals surface area contributed by atoms with Gasteiger partial charge in [-0.15, -0.1) is 0 Å². The molecule has 1 fully saturated rings. The highest BCUT2D eigenvalue weighted by molar-refractivity contribution is 5.57. The third-order valence-corrected chi connectivity index (χ3v) is 4.80. The molecule has 0 N–H and O–H groups in total. The molecule has 1 aliphatic rings. The van der Waals surface area contributed by atoms with E-state index in [-0.39, 0.29) is 30.4 Å². The lowest BCUT2D eigenvalue weighted by atomic mass is 9.79. The molecule has 0 spiro atoms. The zero-order valence-corrected chi connectivity index (χ0v) is 16.2. The Morgan fingerprint density at radius 2 is 1.90 bits per heavy atom. The Morgan fingerprint density at radius 3 is 2.55 bits per heavy atom. The first-order valence-corrected chi connectivity index (χ1v) is 9.27. The lowest BCUT2D eigenvalue weighted by molar-refractivity contribution is -0.138. The fraction of sp³-hybridized carbons (Fsp3) is 0.350. The van der Waals surface area contributed by atoms with Crippen molar-refractivity contribution in [2.75, 3.05) is 13.9 Å². The monoisotopic (exact) mass is 439 g/mol. The summed E-state index contributed by atoms with van der Waals surface area (Å²) in [5.41, 5.74) is -0.420. The number of rotatable bonds is 7. The van der Waals surface area contributed by atoms with Crippen LogP contribution in [0.1, 0.15) is 30.0 Å². The van der Waals surface area contributed by atoms with Crippen LogP contribution in [0.25, 0.3) is 11.3 Å². The van der Waals surface area contributed by atoms with Gasteiger partial charge in [-0.2, -0.15) is 13.2 Å². The molecule has 7 nitrogen and oxygen atoms in total. The summed E-state index contributed by atoms with van der Waals surface area (Å²) in [6.45, 7) is 0.0469. The summed E-state index contributed by atoms with van der Waals surface area (Å²) < 4.78 is 72.8. The van der Waals surface area contributed by atoms with Gasteiger partial charge in [0.2, 0.25) is 5.88 Å². The van der Waals surface area contributed by atoms with E-state index in [9.17, 15) is 17.6 Å². The van der Waals surface area contributed by atoms with E-state index in [0.717, 1.165) is 0 Å². The maximum absolute atomic E-state index is 14.0. The molecule has 0 unspecified atom stereocenters. The van der Waals surface area contributed by atoms with E-state index in [2.05, 4.69) is 15.1 Å². The van der Waals surface area contributed by atoms with Crippen LogP contribution in [0.3, 0.4) is 0 Å². The number of methoxy groups -OCH3 is 1. The average Bonchev–Trinajstić information content (AvgIpc) is 3.18. The van der Waals surface area contributed by atoms with Crippen LogP contribution in [0.2, 0.25) is 0 Å². The van der Waals surface area contributed by atoms with E-state index in [0.29, 0.717) is 42.3 Å². The van der Waals surface area contributed by atoms with Gasteiger partial charge in [-0.05, 0) is 30.1 Å². The minimum atomic E-state index is -4.63. The second-order valence-electron chi connectivity index (χ2n) is 6.96. The first-order chi connectivity index (χ1) is 14.8. The Labute approximate surface area is 174 Å². The Morgan fingerprint density at radius 1 is 1.10 bits per heavy atom. The van der Waals surface area contributed by atoms with Gasteiger partial charge >= 0.3 is 6.18 Å². The third-order valence-electron chi connectivity index (χ3n) is 4.80. The van der Waals surface area contributed by atoms with E-state index in [4.69, 9.17) is 18.7 Å². The molecular formula is C20H17F4N3O4. The van der Waals surface area contributed by atoms with Crippen LogP contribution >= 0.6 is 0 Å². The van der Waals surface area contributed by atoms with Crippen LogP contribution in [0.15, 0.2) is 41.2 Å². The van der Waals surface area contributed by atoms with Crippen molar-refractivity contribution in [2.24, 2.45) is 0 Å². The Kier molecular flexibility index (Phi) is 5.77. The molecule has 0 saturated heterocycles. The second kappa shape index (κ2) is 8.50. The van der Waals surface area contributed by atoms with E-state index in [1.807, 2.05) is 0 Å². The molecule has 3 aromatic heterocycles. The molecule has 3 heterocycles. The Hall–Kier alpha value is -3.21. The number of halogens is 4. The number of hydrogen-bond donors (Lipinski definition) is 0. The van der Waals surface area contributed by atoms with Crippen molar-refractivity contribution in [3.8, 4) is 23.1 Å². The van der Waals surface area contributed by atoms with Gasteiger partial charge in [-0.3, -0.25) is 4.98 Å². The molecule has 1 aliphatic carbocycles. The molecule has 0 aliphatic heterocycles. The van der Waals surface area contributed by atoms with Crippen molar-refractivity contribution in [1.82, 2.24) is 15.1 Å². The molecule has 0 aromatic carbocycles. The standard InChI is InChI=1S/C20H17F4N3O4/c1-28-10-29-18-7-16(31-27-18)11-2-3-17(25-8-11)30-14-4-12(5-14)19-15(21)6-13(9-26-19)20(22,23)24/h2-3,6-9,12,14H,4-5,10H2,1H3/t12-,14-. The van der Waals surface area contributed by atoms with Gasteiger partial charge in [0.1, 0.15) is 11.9 Å². The van der Waals surface area contributed by atoms with Crippen molar-refractivity contribution >= 4 is 0 Å². The zero-order valence-electron chi connectivity index (χ0n) is 16.2. The average molecular weight is 439 g/mol. The van der Waals surface area contributed by atoms with Crippen molar-refractivity contribution in [1.29, 1.82) is 0 Å². The number of aromatic nitrogens is 3. The van der Waals surface area contributed by atoms with Gasteiger partial charge in [0, 0.05) is 43.1 Å². The van der Waals surface area contributed by atoms with Crippen LogP contribution < -0.4 is 9.47 Å². The number of pyridine rings is 2. The van der Waals surface area contributed by atoms with Crippen LogP contribution in [0.5, 0.6) is 11.8 Å². The predicted octanol–water partition coefficient (Wildman–Crippen LogP) is 4.60. The fourth-order valence-corrected chi connectivity index (χ4v) is 3.14. The molecule has 164 valence electrons. The maximum Gasteiger partial charge on any atom is 0.417 e. The topological polar surface area (TPSA) is 79.5 Å². The summed E-state index contributed by atoms with van der Waals surface area (Å²) in [5.74, 6) is -0.157. The summed E-state index contributed by atoms with van der Waals surface area (Å²) in [7, 11) is 1.49. The zero-order chi connectivity index (χ0) is 22.0. The maximum atomic E-state index is 14.0. The molecule has 0 radical (unpaired) electrons. The van der Waals surface area contributed by atoms with E-state index < -0.39 is 17.6 Å². The molecule has 3 aromatic rings. The molecule has 4 rings (SSSR count). The van der Waals surface area contributed by atoms with E-state index >= 15 is 0 Å². The van der Waals surface area contributed by atoms with Crippen LogP contribution in [0.4, 0.5) is 17.6 Å². The molecule has 0 atom stereocenters. The molecular weight excluding hydrogens is 422 g/mol. The van der Waals surface area contributed by atoms with Gasteiger partial charge in [0.25, 0.3) is 5.88 Å². The molecule has 11 heteroatoms. The molecule has 31 heavy (non-hydrogen) atoms. The van der Waals surface area contributed by atoms with Gasteiger partial charge in [-0.1, -0.05) is 0 Å². The number of alkyl halides is 3. The van der Waals surface area contributed by atoms with Crippen molar-refractivity contribution in [3.63, 3.8) is 0 Å².